The molecule has 3 rings (SSSR count). The van der Waals surface area contributed by atoms with Gasteiger partial charge in [-0.15, -0.1) is 0 Å². The van der Waals surface area contributed by atoms with Crippen molar-refractivity contribution in [3.63, 3.8) is 0 Å². The van der Waals surface area contributed by atoms with Crippen LogP contribution in [-0.4, -0.2) is 26.2 Å². The molecule has 0 bridgehead atoms. The molecule has 0 aliphatic heterocycles. The maximum Gasteiger partial charge on any atom is 0.417 e. The molecule has 0 saturated carbocycles. The van der Waals surface area contributed by atoms with Gasteiger partial charge in [-0.2, -0.15) is 13.2 Å². The van der Waals surface area contributed by atoms with E-state index in [2.05, 4.69) is 76.2 Å². The maximum absolute atomic E-state index is 13.9. The molecule has 0 aliphatic carbocycles. The maximum atomic E-state index is 13.9. The average Bonchev–Trinajstić information content (AvgIpc) is 2.90. The highest BCUT2D eigenvalue weighted by molar-refractivity contribution is 6.99. The van der Waals surface area contributed by atoms with Crippen molar-refractivity contribution in [3.8, 4) is 0 Å². The zero-order valence-corrected chi connectivity index (χ0v) is 24.9. The normalized spacial score (nSPS) is 15.1. The Hall–Kier alpha value is -2.41. The third-order valence-electron chi connectivity index (χ3n) is 7.56. The fourth-order valence-electron chi connectivity index (χ4n) is 5.24. The van der Waals surface area contributed by atoms with Crippen molar-refractivity contribution in [2.24, 2.45) is 0 Å². The number of alkyl halides is 3. The molecular formula is C33H43F3O2Si. The van der Waals surface area contributed by atoms with Crippen LogP contribution in [0, 0.1) is 0 Å². The summed E-state index contributed by atoms with van der Waals surface area (Å²) >= 11 is 0. The summed E-state index contributed by atoms with van der Waals surface area (Å²) in [5, 5.41) is 2.34. The Balaban J connectivity index is 1.63. The molecule has 0 spiro atoms. The lowest BCUT2D eigenvalue weighted by Crippen LogP contribution is -2.67. The van der Waals surface area contributed by atoms with Gasteiger partial charge in [-0.05, 0) is 47.7 Å². The van der Waals surface area contributed by atoms with E-state index in [4.69, 9.17) is 9.16 Å². The second-order valence-electron chi connectivity index (χ2n) is 11.7. The molecular weight excluding hydrogens is 513 g/mol. The van der Waals surface area contributed by atoms with Crippen LogP contribution in [-0.2, 0) is 15.8 Å². The van der Waals surface area contributed by atoms with Gasteiger partial charge in [0.15, 0.2) is 5.60 Å². The fraction of sp³-hybridized carbons (Fsp3) is 0.455. The number of ether oxygens (including phenoxy) is 1. The van der Waals surface area contributed by atoms with Gasteiger partial charge in [0.1, 0.15) is 0 Å². The lowest BCUT2D eigenvalue weighted by atomic mass is 9.96. The average molecular weight is 557 g/mol. The summed E-state index contributed by atoms with van der Waals surface area (Å²) in [5.74, 6) is 0. The Morgan fingerprint density at radius 3 is 1.64 bits per heavy atom. The molecule has 0 amide bonds. The van der Waals surface area contributed by atoms with Gasteiger partial charge in [0.2, 0.25) is 0 Å². The largest absolute Gasteiger partial charge is 0.417 e. The number of halogens is 3. The first-order valence-electron chi connectivity index (χ1n) is 13.9. The highest BCUT2D eigenvalue weighted by Gasteiger charge is 2.52. The molecule has 0 radical (unpaired) electrons. The molecule has 0 aromatic heterocycles. The molecule has 0 saturated heterocycles. The second-order valence-corrected chi connectivity index (χ2v) is 15.9. The summed E-state index contributed by atoms with van der Waals surface area (Å²) in [6.45, 7) is 9.96. The van der Waals surface area contributed by atoms with Gasteiger partial charge in [0.25, 0.3) is 8.32 Å². The quantitative estimate of drug-likeness (QED) is 0.155. The molecule has 0 fully saturated rings. The van der Waals surface area contributed by atoms with Crippen LogP contribution in [0.3, 0.4) is 0 Å². The number of rotatable bonds is 13. The van der Waals surface area contributed by atoms with Gasteiger partial charge in [-0.25, -0.2) is 0 Å². The number of hydrogen-bond acceptors (Lipinski definition) is 2. The van der Waals surface area contributed by atoms with E-state index >= 15 is 0 Å². The van der Waals surface area contributed by atoms with E-state index in [0.717, 1.165) is 18.4 Å². The molecule has 39 heavy (non-hydrogen) atoms. The summed E-state index contributed by atoms with van der Waals surface area (Å²) in [6.07, 6.45) is -1.80. The van der Waals surface area contributed by atoms with E-state index < -0.39 is 20.1 Å². The first-order valence-corrected chi connectivity index (χ1v) is 15.8. The minimum atomic E-state index is -4.43. The van der Waals surface area contributed by atoms with Gasteiger partial charge in [0.05, 0.1) is 6.61 Å². The molecule has 0 unspecified atom stereocenters. The zero-order valence-electron chi connectivity index (χ0n) is 23.9. The van der Waals surface area contributed by atoms with Crippen molar-refractivity contribution < 1.29 is 22.3 Å². The SMILES string of the molecule is C[C@H](CCCCC[C@@](C)(OCc1ccccc1)C(F)(F)F)O[Si](c1ccccc1)(c1ccccc1)C(C)(C)C. The third-order valence-corrected chi connectivity index (χ3v) is 12.7. The Bertz CT molecular complexity index is 1070. The number of benzene rings is 3. The van der Waals surface area contributed by atoms with Gasteiger partial charge in [0, 0.05) is 6.10 Å². The van der Waals surface area contributed by atoms with Gasteiger partial charge >= 0.3 is 6.18 Å². The van der Waals surface area contributed by atoms with Crippen LogP contribution >= 0.6 is 0 Å². The van der Waals surface area contributed by atoms with E-state index in [9.17, 15) is 13.2 Å². The fourth-order valence-corrected chi connectivity index (χ4v) is 9.97. The first kappa shape index (κ1) is 31.1. The van der Waals surface area contributed by atoms with Crippen LogP contribution < -0.4 is 10.4 Å². The van der Waals surface area contributed by atoms with E-state index in [1.807, 2.05) is 18.2 Å². The Morgan fingerprint density at radius 1 is 0.692 bits per heavy atom. The molecule has 0 heterocycles. The molecule has 2 atom stereocenters. The molecule has 2 nitrogen and oxygen atoms in total. The summed E-state index contributed by atoms with van der Waals surface area (Å²) in [5.41, 5.74) is -1.43. The van der Waals surface area contributed by atoms with Crippen LogP contribution in [0.2, 0.25) is 5.04 Å². The Kier molecular flexibility index (Phi) is 10.6. The summed E-state index contributed by atoms with van der Waals surface area (Å²) in [7, 11) is -2.65. The van der Waals surface area contributed by atoms with Crippen LogP contribution in [0.5, 0.6) is 0 Å². The van der Waals surface area contributed by atoms with Crippen molar-refractivity contribution in [3.05, 3.63) is 96.6 Å². The standard InChI is InChI=1S/C33H43F3O2Si/c1-27(18-10-9-17-25-32(5,33(34,35)36)37-26-28-19-11-6-12-20-28)38-39(31(2,3)4,29-21-13-7-14-22-29)30-23-15-8-16-24-30/h6-8,11-16,19-24,27H,9-10,17-18,25-26H2,1-5H3/t27-,32-/m1/s1. The van der Waals surface area contributed by atoms with Gasteiger partial charge < -0.3 is 9.16 Å². The predicted molar refractivity (Wildman–Crippen MR) is 157 cm³/mol. The Labute approximate surface area is 233 Å². The highest BCUT2D eigenvalue weighted by atomic mass is 28.4. The van der Waals surface area contributed by atoms with E-state index in [-0.39, 0.29) is 24.2 Å². The smallest absolute Gasteiger partial charge is 0.405 e. The summed E-state index contributed by atoms with van der Waals surface area (Å²) < 4.78 is 54.3. The lowest BCUT2D eigenvalue weighted by Gasteiger charge is -2.44. The van der Waals surface area contributed by atoms with Crippen LogP contribution in [0.1, 0.15) is 72.3 Å². The van der Waals surface area contributed by atoms with Crippen molar-refractivity contribution in [1.82, 2.24) is 0 Å². The molecule has 0 N–H and O–H groups in total. The lowest BCUT2D eigenvalue weighted by molar-refractivity contribution is -0.277. The summed E-state index contributed by atoms with van der Waals surface area (Å²) in [6, 6.07) is 30.0. The van der Waals surface area contributed by atoms with Crippen molar-refractivity contribution >= 4 is 18.7 Å². The number of hydrogen-bond donors (Lipinski definition) is 0. The second kappa shape index (κ2) is 13.3. The topological polar surface area (TPSA) is 18.5 Å². The summed E-state index contributed by atoms with van der Waals surface area (Å²) in [4.78, 5) is 0. The zero-order chi connectivity index (χ0) is 28.6. The van der Waals surface area contributed by atoms with Gasteiger partial charge in [-0.1, -0.05) is 131 Å². The van der Waals surface area contributed by atoms with E-state index in [1.165, 1.54) is 17.3 Å². The molecule has 3 aromatic carbocycles. The number of unbranched alkanes of at least 4 members (excludes halogenated alkanes) is 2. The van der Waals surface area contributed by atoms with Crippen molar-refractivity contribution in [2.45, 2.75) is 96.2 Å². The van der Waals surface area contributed by atoms with Crippen molar-refractivity contribution in [2.75, 3.05) is 0 Å². The van der Waals surface area contributed by atoms with Crippen LogP contribution in [0.15, 0.2) is 91.0 Å². The van der Waals surface area contributed by atoms with Crippen LogP contribution in [0.25, 0.3) is 0 Å². The highest BCUT2D eigenvalue weighted by Crippen LogP contribution is 2.39. The Morgan fingerprint density at radius 2 is 1.18 bits per heavy atom. The minimum absolute atomic E-state index is 0.0281. The third kappa shape index (κ3) is 7.83. The predicted octanol–water partition coefficient (Wildman–Crippen LogP) is 8.44. The van der Waals surface area contributed by atoms with Crippen molar-refractivity contribution in [1.29, 1.82) is 0 Å². The molecule has 3 aromatic rings. The molecule has 6 heteroatoms. The van der Waals surface area contributed by atoms with Crippen LogP contribution in [0.4, 0.5) is 13.2 Å². The van der Waals surface area contributed by atoms with Gasteiger partial charge in [-0.3, -0.25) is 0 Å². The molecule has 212 valence electrons. The van der Waals surface area contributed by atoms with E-state index in [0.29, 0.717) is 12.8 Å². The minimum Gasteiger partial charge on any atom is -0.405 e. The van der Waals surface area contributed by atoms with E-state index in [1.54, 1.807) is 24.3 Å². The molecule has 0 aliphatic rings. The first-order chi connectivity index (χ1) is 18.4. The monoisotopic (exact) mass is 556 g/mol.